The molecule has 186 valence electrons. The Balaban J connectivity index is 1.51. The van der Waals surface area contributed by atoms with Crippen molar-refractivity contribution >= 4 is 47.3 Å². The first-order valence-corrected chi connectivity index (χ1v) is 11.3. The van der Waals surface area contributed by atoms with Crippen molar-refractivity contribution in [2.24, 2.45) is 0 Å². The third kappa shape index (κ3) is 5.69. The fourth-order valence-corrected chi connectivity index (χ4v) is 3.65. The SMILES string of the molecule is COc1cc(Nc2cnc3ccc(NC(=O)N(S)Cc4ccc(C)cc4)nc3n2)cc(OC)c1OC. The summed E-state index contributed by atoms with van der Waals surface area (Å²) < 4.78 is 17.4. The number of pyridine rings is 1. The van der Waals surface area contributed by atoms with Crippen LogP contribution in [0.15, 0.2) is 54.7 Å². The molecule has 4 rings (SSSR count). The van der Waals surface area contributed by atoms with Gasteiger partial charge in [0.15, 0.2) is 23.0 Å². The lowest BCUT2D eigenvalue weighted by atomic mass is 10.1. The number of carbonyl (C=O) groups excluding carboxylic acids is 1. The van der Waals surface area contributed by atoms with Gasteiger partial charge in [0, 0.05) is 17.8 Å². The minimum atomic E-state index is -0.412. The normalized spacial score (nSPS) is 10.6. The zero-order chi connectivity index (χ0) is 25.7. The number of fused-ring (bicyclic) bond motifs is 1. The number of carbonyl (C=O) groups is 1. The molecule has 36 heavy (non-hydrogen) atoms. The number of hydrogen-bond donors (Lipinski definition) is 3. The smallest absolute Gasteiger partial charge is 0.333 e. The average molecular weight is 507 g/mol. The van der Waals surface area contributed by atoms with Crippen molar-refractivity contribution in [3.8, 4) is 17.2 Å². The van der Waals surface area contributed by atoms with Gasteiger partial charge in [-0.05, 0) is 24.6 Å². The van der Waals surface area contributed by atoms with Crippen molar-refractivity contribution in [1.82, 2.24) is 19.3 Å². The first kappa shape index (κ1) is 24.9. The molecule has 11 heteroatoms. The molecule has 2 heterocycles. The standard InChI is InChI=1S/C25H26N6O4S/c1-15-5-7-16(8-6-15)14-31(36)25(32)30-21-10-9-18-24(28-21)29-22(13-26-18)27-17-11-19(33-2)23(35-4)20(12-17)34-3/h5-13,36H,14H2,1-4H3,(H2,27,28,29,30,32). The molecule has 0 fully saturated rings. The van der Waals surface area contributed by atoms with E-state index in [2.05, 4.69) is 38.4 Å². The van der Waals surface area contributed by atoms with E-state index in [-0.39, 0.29) is 0 Å². The lowest BCUT2D eigenvalue weighted by Crippen LogP contribution is -2.27. The minimum Gasteiger partial charge on any atom is -0.493 e. The summed E-state index contributed by atoms with van der Waals surface area (Å²) in [4.78, 5) is 26.0. The summed E-state index contributed by atoms with van der Waals surface area (Å²) in [6.45, 7) is 2.35. The van der Waals surface area contributed by atoms with Crippen LogP contribution in [0.5, 0.6) is 17.2 Å². The summed E-state index contributed by atoms with van der Waals surface area (Å²) in [6, 6.07) is 14.4. The largest absolute Gasteiger partial charge is 0.493 e. The zero-order valence-corrected chi connectivity index (χ0v) is 21.2. The molecule has 2 amide bonds. The lowest BCUT2D eigenvalue weighted by molar-refractivity contribution is 0.238. The number of amides is 2. The van der Waals surface area contributed by atoms with Crippen molar-refractivity contribution in [1.29, 1.82) is 0 Å². The van der Waals surface area contributed by atoms with Crippen LogP contribution in [-0.4, -0.2) is 46.6 Å². The molecule has 2 aromatic carbocycles. The first-order chi connectivity index (χ1) is 17.4. The van der Waals surface area contributed by atoms with Crippen LogP contribution in [0.1, 0.15) is 11.1 Å². The molecule has 0 saturated carbocycles. The molecule has 2 aromatic heterocycles. The Morgan fingerprint density at radius 2 is 1.61 bits per heavy atom. The summed E-state index contributed by atoms with van der Waals surface area (Å²) in [5.74, 6) is 2.26. The number of methoxy groups -OCH3 is 3. The fraction of sp³-hybridized carbons (Fsp3) is 0.200. The number of urea groups is 1. The molecule has 10 nitrogen and oxygen atoms in total. The molecule has 0 aliphatic heterocycles. The Bertz CT molecular complexity index is 1360. The number of thiol groups is 1. The van der Waals surface area contributed by atoms with Gasteiger partial charge in [0.05, 0.1) is 34.1 Å². The molecule has 0 aliphatic rings. The minimum absolute atomic E-state index is 0.328. The lowest BCUT2D eigenvalue weighted by Gasteiger charge is -2.16. The fourth-order valence-electron chi connectivity index (χ4n) is 3.44. The van der Waals surface area contributed by atoms with E-state index in [4.69, 9.17) is 14.2 Å². The van der Waals surface area contributed by atoms with Gasteiger partial charge in [-0.1, -0.05) is 42.6 Å². The van der Waals surface area contributed by atoms with E-state index in [0.29, 0.717) is 52.3 Å². The molecular formula is C25H26N6O4S. The van der Waals surface area contributed by atoms with E-state index >= 15 is 0 Å². The maximum atomic E-state index is 12.6. The van der Waals surface area contributed by atoms with E-state index in [1.807, 2.05) is 31.2 Å². The summed E-state index contributed by atoms with van der Waals surface area (Å²) in [6.07, 6.45) is 1.59. The maximum Gasteiger partial charge on any atom is 0.333 e. The number of aryl methyl sites for hydroxylation is 1. The quantitative estimate of drug-likeness (QED) is 0.287. The summed E-state index contributed by atoms with van der Waals surface area (Å²) in [7, 11) is 4.63. The van der Waals surface area contributed by atoms with Gasteiger partial charge in [0.2, 0.25) is 5.75 Å². The molecule has 0 aliphatic carbocycles. The Labute approximate surface area is 214 Å². The number of aromatic nitrogens is 3. The molecule has 2 N–H and O–H groups in total. The van der Waals surface area contributed by atoms with Gasteiger partial charge < -0.3 is 19.5 Å². The summed E-state index contributed by atoms with van der Waals surface area (Å²) in [5.41, 5.74) is 3.70. The number of nitrogens with zero attached hydrogens (tertiary/aromatic N) is 4. The van der Waals surface area contributed by atoms with Gasteiger partial charge in [0.1, 0.15) is 11.3 Å². The van der Waals surface area contributed by atoms with Crippen molar-refractivity contribution in [2.75, 3.05) is 32.0 Å². The third-order valence-corrected chi connectivity index (χ3v) is 5.59. The van der Waals surface area contributed by atoms with Crippen LogP contribution in [-0.2, 0) is 6.54 Å². The van der Waals surface area contributed by atoms with Crippen LogP contribution in [0.2, 0.25) is 0 Å². The van der Waals surface area contributed by atoms with Crippen molar-refractivity contribution in [2.45, 2.75) is 13.5 Å². The predicted molar refractivity (Wildman–Crippen MR) is 141 cm³/mol. The van der Waals surface area contributed by atoms with Gasteiger partial charge in [-0.25, -0.2) is 19.7 Å². The number of hydrogen-bond acceptors (Lipinski definition) is 9. The van der Waals surface area contributed by atoms with Gasteiger partial charge >= 0.3 is 6.03 Å². The second kappa shape index (κ2) is 11.0. The van der Waals surface area contributed by atoms with E-state index in [9.17, 15) is 4.79 Å². The second-order valence-corrected chi connectivity index (χ2v) is 8.29. The van der Waals surface area contributed by atoms with Crippen molar-refractivity contribution in [3.63, 3.8) is 0 Å². The maximum absolute atomic E-state index is 12.6. The number of ether oxygens (including phenoxy) is 3. The molecular weight excluding hydrogens is 480 g/mol. The Morgan fingerprint density at radius 1 is 0.944 bits per heavy atom. The van der Waals surface area contributed by atoms with Crippen molar-refractivity contribution in [3.05, 3.63) is 65.9 Å². The summed E-state index contributed by atoms with van der Waals surface area (Å²) in [5, 5.41) is 5.91. The van der Waals surface area contributed by atoms with Crippen LogP contribution >= 0.6 is 12.8 Å². The third-order valence-electron chi connectivity index (χ3n) is 5.27. The molecule has 0 bridgehead atoms. The Hall–Kier alpha value is -4.25. The summed E-state index contributed by atoms with van der Waals surface area (Å²) >= 11 is 4.31. The second-order valence-electron chi connectivity index (χ2n) is 7.81. The van der Waals surface area contributed by atoms with E-state index in [1.54, 1.807) is 51.8 Å². The Kier molecular flexibility index (Phi) is 7.59. The van der Waals surface area contributed by atoms with Crippen molar-refractivity contribution < 1.29 is 19.0 Å². The highest BCUT2D eigenvalue weighted by molar-refractivity contribution is 7.78. The van der Waals surface area contributed by atoms with Crippen LogP contribution in [0, 0.1) is 6.92 Å². The van der Waals surface area contributed by atoms with Gasteiger partial charge in [0.25, 0.3) is 0 Å². The van der Waals surface area contributed by atoms with E-state index in [0.717, 1.165) is 11.1 Å². The van der Waals surface area contributed by atoms with Crippen LogP contribution in [0.4, 0.5) is 22.1 Å². The average Bonchev–Trinajstić information content (AvgIpc) is 2.89. The topological polar surface area (TPSA) is 111 Å². The molecule has 4 aromatic rings. The van der Waals surface area contributed by atoms with Crippen LogP contribution < -0.4 is 24.8 Å². The molecule has 0 unspecified atom stereocenters. The van der Waals surface area contributed by atoms with Gasteiger partial charge in [-0.15, -0.1) is 0 Å². The van der Waals surface area contributed by atoms with Gasteiger partial charge in [-0.2, -0.15) is 0 Å². The van der Waals surface area contributed by atoms with E-state index < -0.39 is 6.03 Å². The number of nitrogens with one attached hydrogen (secondary N) is 2. The van der Waals surface area contributed by atoms with Crippen LogP contribution in [0.3, 0.4) is 0 Å². The monoisotopic (exact) mass is 506 g/mol. The number of benzene rings is 2. The molecule has 0 radical (unpaired) electrons. The van der Waals surface area contributed by atoms with Crippen LogP contribution in [0.25, 0.3) is 11.2 Å². The number of rotatable bonds is 8. The molecule has 0 spiro atoms. The Morgan fingerprint density at radius 3 is 2.25 bits per heavy atom. The molecule has 0 atom stereocenters. The highest BCUT2D eigenvalue weighted by Crippen LogP contribution is 2.40. The van der Waals surface area contributed by atoms with Gasteiger partial charge in [-0.3, -0.25) is 9.62 Å². The highest BCUT2D eigenvalue weighted by atomic mass is 32.1. The zero-order valence-electron chi connectivity index (χ0n) is 20.3. The molecule has 0 saturated heterocycles. The first-order valence-electron chi connectivity index (χ1n) is 10.9. The number of anilines is 3. The predicted octanol–water partition coefficient (Wildman–Crippen LogP) is 4.98. The highest BCUT2D eigenvalue weighted by Gasteiger charge is 2.15. The van der Waals surface area contributed by atoms with E-state index in [1.165, 1.54) is 4.31 Å².